The van der Waals surface area contributed by atoms with E-state index in [4.69, 9.17) is 0 Å². The number of thiophene rings is 1. The van der Waals surface area contributed by atoms with Crippen LogP contribution in [0.4, 0.5) is 5.69 Å². The highest BCUT2D eigenvalue weighted by Crippen LogP contribution is 2.29. The minimum atomic E-state index is -0.431. The fourth-order valence-electron chi connectivity index (χ4n) is 3.07. The second-order valence-electron chi connectivity index (χ2n) is 6.62. The Labute approximate surface area is 178 Å². The number of nitrogens with zero attached hydrogens (tertiary/aromatic N) is 2. The lowest BCUT2D eigenvalue weighted by Crippen LogP contribution is -2.32. The first kappa shape index (κ1) is 21.1. The predicted octanol–water partition coefficient (Wildman–Crippen LogP) is 5.57. The van der Waals surface area contributed by atoms with Gasteiger partial charge in [-0.15, -0.1) is 23.1 Å². The molecule has 3 rings (SSSR count). The highest BCUT2D eigenvalue weighted by molar-refractivity contribution is 7.98. The van der Waals surface area contributed by atoms with Gasteiger partial charge in [0.05, 0.1) is 16.4 Å². The van der Waals surface area contributed by atoms with E-state index in [1.165, 1.54) is 22.7 Å². The molecule has 0 aliphatic heterocycles. The summed E-state index contributed by atoms with van der Waals surface area (Å²) in [4.78, 5) is 28.8. The number of carbonyl (C=O) groups excluding carboxylic acids is 1. The topological polar surface area (TPSA) is 63.5 Å². The molecule has 0 aliphatic rings. The van der Waals surface area contributed by atoms with Crippen LogP contribution in [0.3, 0.4) is 0 Å². The molecule has 150 valence electrons. The molecule has 1 amide bonds. The van der Waals surface area contributed by atoms with Crippen molar-refractivity contribution in [2.75, 3.05) is 12.8 Å². The highest BCUT2D eigenvalue weighted by Gasteiger charge is 2.21. The third kappa shape index (κ3) is 5.46. The van der Waals surface area contributed by atoms with Crippen LogP contribution in [0.15, 0.2) is 65.6 Å². The van der Waals surface area contributed by atoms with Crippen LogP contribution in [0.25, 0.3) is 0 Å². The summed E-state index contributed by atoms with van der Waals surface area (Å²) in [6, 6.07) is 18.8. The third-order valence-corrected chi connectivity index (χ3v) is 6.34. The van der Waals surface area contributed by atoms with Gasteiger partial charge in [-0.05, 0) is 49.4 Å². The van der Waals surface area contributed by atoms with E-state index in [9.17, 15) is 14.9 Å². The number of amides is 1. The molecule has 2 aromatic carbocycles. The normalized spacial score (nSPS) is 10.7. The van der Waals surface area contributed by atoms with Crippen LogP contribution in [0.2, 0.25) is 0 Å². The summed E-state index contributed by atoms with van der Waals surface area (Å²) >= 11 is 2.96. The number of carbonyl (C=O) groups is 1. The van der Waals surface area contributed by atoms with Gasteiger partial charge in [0.1, 0.15) is 0 Å². The van der Waals surface area contributed by atoms with E-state index >= 15 is 0 Å². The average Bonchev–Trinajstić information content (AvgIpc) is 3.15. The molecule has 0 saturated heterocycles. The van der Waals surface area contributed by atoms with Crippen molar-refractivity contribution in [1.29, 1.82) is 0 Å². The number of benzene rings is 2. The first-order valence-corrected chi connectivity index (χ1v) is 11.2. The molecular weight excluding hydrogens is 404 g/mol. The van der Waals surface area contributed by atoms with Gasteiger partial charge >= 0.3 is 0 Å². The molecular formula is C22H22N2O3S2. The fourth-order valence-corrected chi connectivity index (χ4v) is 4.52. The molecule has 0 spiro atoms. The number of nitro groups is 1. The van der Waals surface area contributed by atoms with Gasteiger partial charge in [0, 0.05) is 27.9 Å². The summed E-state index contributed by atoms with van der Waals surface area (Å²) in [5, 5.41) is 11.4. The lowest BCUT2D eigenvalue weighted by Gasteiger charge is -2.22. The Morgan fingerprint density at radius 1 is 1.14 bits per heavy atom. The molecule has 5 nitrogen and oxygen atoms in total. The smallest absolute Gasteiger partial charge is 0.283 e. The van der Waals surface area contributed by atoms with Crippen molar-refractivity contribution in [3.8, 4) is 0 Å². The van der Waals surface area contributed by atoms with E-state index in [2.05, 4.69) is 0 Å². The van der Waals surface area contributed by atoms with Crippen molar-refractivity contribution >= 4 is 34.7 Å². The number of nitro benzene ring substituents is 1. The molecule has 0 unspecified atom stereocenters. The molecule has 29 heavy (non-hydrogen) atoms. The molecule has 0 saturated carbocycles. The number of aryl methyl sites for hydroxylation is 1. The van der Waals surface area contributed by atoms with Crippen LogP contribution in [0, 0.1) is 17.0 Å². The molecule has 0 atom stereocenters. The summed E-state index contributed by atoms with van der Waals surface area (Å²) in [5.41, 5.74) is 1.46. The van der Waals surface area contributed by atoms with Crippen LogP contribution in [0.5, 0.6) is 0 Å². The molecule has 1 heterocycles. The molecule has 0 fully saturated rings. The minimum Gasteiger partial charge on any atom is -0.333 e. The Morgan fingerprint density at radius 3 is 2.52 bits per heavy atom. The average molecular weight is 427 g/mol. The van der Waals surface area contributed by atoms with E-state index in [1.54, 1.807) is 34.6 Å². The molecule has 0 radical (unpaired) electrons. The van der Waals surface area contributed by atoms with E-state index < -0.39 is 4.92 Å². The summed E-state index contributed by atoms with van der Waals surface area (Å²) in [6.45, 7) is 3.06. The van der Waals surface area contributed by atoms with E-state index in [0.717, 1.165) is 16.9 Å². The van der Waals surface area contributed by atoms with Crippen molar-refractivity contribution in [2.45, 2.75) is 24.8 Å². The van der Waals surface area contributed by atoms with Gasteiger partial charge in [-0.2, -0.15) is 0 Å². The number of hydrogen-bond acceptors (Lipinski definition) is 5. The van der Waals surface area contributed by atoms with Gasteiger partial charge in [-0.3, -0.25) is 14.9 Å². The monoisotopic (exact) mass is 426 g/mol. The van der Waals surface area contributed by atoms with Crippen molar-refractivity contribution in [3.63, 3.8) is 0 Å². The van der Waals surface area contributed by atoms with Gasteiger partial charge in [0.25, 0.3) is 11.6 Å². The standard InChI is InChI=1S/C22H22N2O3S2/c1-16-8-10-19(29-16)15-23(13-12-17-6-4-3-5-7-17)22(25)18-9-11-21(28-2)20(14-18)24(26)27/h3-11,14H,12-13,15H2,1-2H3. The second kappa shape index (κ2) is 9.71. The first-order chi connectivity index (χ1) is 14.0. The largest absolute Gasteiger partial charge is 0.333 e. The van der Waals surface area contributed by atoms with Crippen LogP contribution in [-0.2, 0) is 13.0 Å². The maximum atomic E-state index is 13.3. The van der Waals surface area contributed by atoms with E-state index in [-0.39, 0.29) is 11.6 Å². The van der Waals surface area contributed by atoms with Crippen molar-refractivity contribution < 1.29 is 9.72 Å². The Morgan fingerprint density at radius 2 is 1.90 bits per heavy atom. The maximum absolute atomic E-state index is 13.3. The van der Waals surface area contributed by atoms with Gasteiger partial charge in [-0.25, -0.2) is 0 Å². The third-order valence-electron chi connectivity index (χ3n) is 4.57. The Hall–Kier alpha value is -2.64. The molecule has 7 heteroatoms. The first-order valence-electron chi connectivity index (χ1n) is 9.19. The molecule has 3 aromatic rings. The zero-order chi connectivity index (χ0) is 20.8. The molecule has 0 aliphatic carbocycles. The predicted molar refractivity (Wildman–Crippen MR) is 119 cm³/mol. The maximum Gasteiger partial charge on any atom is 0.283 e. The van der Waals surface area contributed by atoms with Gasteiger partial charge in [0.15, 0.2) is 0 Å². The van der Waals surface area contributed by atoms with Crippen LogP contribution >= 0.6 is 23.1 Å². The Bertz CT molecular complexity index is 1000. The number of rotatable bonds is 8. The zero-order valence-corrected chi connectivity index (χ0v) is 18.0. The van der Waals surface area contributed by atoms with Gasteiger partial charge < -0.3 is 4.90 Å². The summed E-state index contributed by atoms with van der Waals surface area (Å²) in [5.74, 6) is -0.192. The Balaban J connectivity index is 1.86. The van der Waals surface area contributed by atoms with Crippen LogP contribution in [0.1, 0.15) is 25.7 Å². The summed E-state index contributed by atoms with van der Waals surface area (Å²) < 4.78 is 0. The molecule has 0 N–H and O–H groups in total. The minimum absolute atomic E-state index is 0.0293. The fraction of sp³-hybridized carbons (Fsp3) is 0.227. The zero-order valence-electron chi connectivity index (χ0n) is 16.3. The lowest BCUT2D eigenvalue weighted by molar-refractivity contribution is -0.387. The van der Waals surface area contributed by atoms with Crippen LogP contribution in [-0.4, -0.2) is 28.5 Å². The second-order valence-corrected chi connectivity index (χ2v) is 8.84. The van der Waals surface area contributed by atoms with E-state index in [0.29, 0.717) is 23.5 Å². The van der Waals surface area contributed by atoms with Crippen LogP contribution < -0.4 is 0 Å². The van der Waals surface area contributed by atoms with Crippen molar-refractivity contribution in [1.82, 2.24) is 4.90 Å². The van der Waals surface area contributed by atoms with Crippen molar-refractivity contribution in [3.05, 3.63) is 91.7 Å². The molecule has 1 aromatic heterocycles. The van der Waals surface area contributed by atoms with Gasteiger partial charge in [-0.1, -0.05) is 30.3 Å². The lowest BCUT2D eigenvalue weighted by atomic mass is 10.1. The van der Waals surface area contributed by atoms with Crippen molar-refractivity contribution in [2.24, 2.45) is 0 Å². The quantitative estimate of drug-likeness (QED) is 0.268. The highest BCUT2D eigenvalue weighted by atomic mass is 32.2. The number of thioether (sulfide) groups is 1. The van der Waals surface area contributed by atoms with Gasteiger partial charge in [0.2, 0.25) is 0 Å². The SMILES string of the molecule is CSc1ccc(C(=O)N(CCc2ccccc2)Cc2ccc(C)s2)cc1[N+](=O)[O-]. The summed E-state index contributed by atoms with van der Waals surface area (Å²) in [6.07, 6.45) is 2.51. The molecule has 0 bridgehead atoms. The Kier molecular flexibility index (Phi) is 7.06. The number of hydrogen-bond donors (Lipinski definition) is 0. The summed E-state index contributed by atoms with van der Waals surface area (Å²) in [7, 11) is 0. The van der Waals surface area contributed by atoms with E-state index in [1.807, 2.05) is 49.4 Å².